The van der Waals surface area contributed by atoms with Gasteiger partial charge in [-0.2, -0.15) is 0 Å². The molecule has 2 heterocycles. The van der Waals surface area contributed by atoms with Crippen LogP contribution in [0.2, 0.25) is 0 Å². The van der Waals surface area contributed by atoms with E-state index < -0.39 is 0 Å². The molecule has 4 rings (SSSR count). The summed E-state index contributed by atoms with van der Waals surface area (Å²) in [6, 6.07) is 17.7. The van der Waals surface area contributed by atoms with Crippen molar-refractivity contribution in [1.82, 2.24) is 9.97 Å². The van der Waals surface area contributed by atoms with Gasteiger partial charge in [-0.1, -0.05) is 26.0 Å². The molecule has 0 unspecified atom stereocenters. The zero-order chi connectivity index (χ0) is 22.1. The quantitative estimate of drug-likeness (QED) is 0.624. The normalized spacial score (nSPS) is 13.1. The first kappa shape index (κ1) is 22.2. The summed E-state index contributed by atoms with van der Waals surface area (Å²) in [5, 5.41) is 6.02. The molecule has 1 aliphatic rings. The van der Waals surface area contributed by atoms with E-state index in [4.69, 9.17) is 4.74 Å². The Hall–Kier alpha value is -3.45. The number of carbonyl (C=O) groups is 1. The first-order chi connectivity index (χ1) is 15.2. The van der Waals surface area contributed by atoms with Gasteiger partial charge in [0.2, 0.25) is 11.9 Å². The van der Waals surface area contributed by atoms with Crippen LogP contribution in [0.4, 0.5) is 23.0 Å². The lowest BCUT2D eigenvalue weighted by molar-refractivity contribution is -0.114. The molecule has 7 nitrogen and oxygen atoms in total. The number of hydrogen-bond donors (Lipinski definition) is 2. The molecule has 0 bridgehead atoms. The minimum absolute atomic E-state index is 0.0917. The first-order valence-corrected chi connectivity index (χ1v) is 10.6. The van der Waals surface area contributed by atoms with Crippen molar-refractivity contribution < 1.29 is 9.53 Å². The van der Waals surface area contributed by atoms with E-state index in [1.165, 1.54) is 12.6 Å². The van der Waals surface area contributed by atoms with Gasteiger partial charge in [0.05, 0.1) is 18.9 Å². The van der Waals surface area contributed by atoms with Crippen LogP contribution in [0.1, 0.15) is 20.8 Å². The van der Waals surface area contributed by atoms with Crippen LogP contribution in [0.15, 0.2) is 60.8 Å². The Balaban J connectivity index is 0.00000132. The fourth-order valence-electron chi connectivity index (χ4n) is 3.21. The third kappa shape index (κ3) is 6.26. The first-order valence-electron chi connectivity index (χ1n) is 10.6. The van der Waals surface area contributed by atoms with Crippen LogP contribution in [-0.4, -0.2) is 42.2 Å². The molecule has 1 amide bonds. The summed E-state index contributed by atoms with van der Waals surface area (Å²) >= 11 is 0. The van der Waals surface area contributed by atoms with Crippen molar-refractivity contribution in [2.75, 3.05) is 41.8 Å². The van der Waals surface area contributed by atoms with E-state index in [1.54, 1.807) is 6.20 Å². The van der Waals surface area contributed by atoms with Gasteiger partial charge in [0, 0.05) is 48.8 Å². The molecule has 0 radical (unpaired) electrons. The van der Waals surface area contributed by atoms with Crippen LogP contribution in [0.25, 0.3) is 11.3 Å². The monoisotopic (exact) mass is 419 g/mol. The molecular formula is C24H29N5O2. The molecule has 1 aliphatic heterocycles. The molecule has 3 aromatic rings. The number of morpholine rings is 1. The summed E-state index contributed by atoms with van der Waals surface area (Å²) < 4.78 is 5.41. The Morgan fingerprint density at radius 3 is 2.23 bits per heavy atom. The van der Waals surface area contributed by atoms with Gasteiger partial charge in [-0.3, -0.25) is 4.79 Å². The maximum Gasteiger partial charge on any atom is 0.227 e. The van der Waals surface area contributed by atoms with E-state index in [0.717, 1.165) is 48.9 Å². The Morgan fingerprint density at radius 2 is 1.58 bits per heavy atom. The highest BCUT2D eigenvalue weighted by Gasteiger charge is 2.11. The Kier molecular flexibility index (Phi) is 7.95. The molecule has 31 heavy (non-hydrogen) atoms. The fraction of sp³-hybridized carbons (Fsp3) is 0.292. The smallest absolute Gasteiger partial charge is 0.227 e. The Morgan fingerprint density at radius 1 is 0.935 bits per heavy atom. The van der Waals surface area contributed by atoms with E-state index in [9.17, 15) is 4.79 Å². The number of anilines is 4. The van der Waals surface area contributed by atoms with E-state index in [-0.39, 0.29) is 5.91 Å². The molecule has 162 valence electrons. The summed E-state index contributed by atoms with van der Waals surface area (Å²) in [7, 11) is 0. The number of carbonyl (C=O) groups excluding carboxylic acids is 1. The van der Waals surface area contributed by atoms with Crippen LogP contribution >= 0.6 is 0 Å². The van der Waals surface area contributed by atoms with Crippen molar-refractivity contribution in [3.05, 3.63) is 60.8 Å². The van der Waals surface area contributed by atoms with Crippen molar-refractivity contribution in [3.63, 3.8) is 0 Å². The van der Waals surface area contributed by atoms with E-state index >= 15 is 0 Å². The van der Waals surface area contributed by atoms with E-state index in [0.29, 0.717) is 5.95 Å². The Bertz CT molecular complexity index is 968. The van der Waals surface area contributed by atoms with E-state index in [1.807, 2.05) is 56.3 Å². The van der Waals surface area contributed by atoms with Crippen molar-refractivity contribution in [3.8, 4) is 11.3 Å². The SMILES string of the molecule is CC.CC(=O)Nc1ccc(-c2ccnc(Nc3ccc(N4CCOCC4)cc3)n2)cc1. The van der Waals surface area contributed by atoms with Gasteiger partial charge in [0.1, 0.15) is 0 Å². The molecule has 0 aliphatic carbocycles. The summed E-state index contributed by atoms with van der Waals surface area (Å²) in [5.74, 6) is 0.443. The second-order valence-corrected chi connectivity index (χ2v) is 6.80. The summed E-state index contributed by atoms with van der Waals surface area (Å²) in [5.41, 5.74) is 4.64. The predicted molar refractivity (Wildman–Crippen MR) is 126 cm³/mol. The van der Waals surface area contributed by atoms with Gasteiger partial charge in [-0.15, -0.1) is 0 Å². The van der Waals surface area contributed by atoms with Gasteiger partial charge in [-0.25, -0.2) is 9.97 Å². The fourth-order valence-corrected chi connectivity index (χ4v) is 3.21. The maximum atomic E-state index is 11.1. The Labute approximate surface area is 183 Å². The summed E-state index contributed by atoms with van der Waals surface area (Å²) in [4.78, 5) is 22.4. The third-order valence-corrected chi connectivity index (χ3v) is 4.66. The number of nitrogens with zero attached hydrogens (tertiary/aromatic N) is 3. The molecule has 0 atom stereocenters. The van der Waals surface area contributed by atoms with Crippen LogP contribution in [0.5, 0.6) is 0 Å². The van der Waals surface area contributed by atoms with Crippen molar-refractivity contribution >= 4 is 28.9 Å². The van der Waals surface area contributed by atoms with Crippen LogP contribution in [-0.2, 0) is 9.53 Å². The molecule has 0 saturated carbocycles. The number of ether oxygens (including phenoxy) is 1. The highest BCUT2D eigenvalue weighted by molar-refractivity contribution is 5.88. The van der Waals surface area contributed by atoms with Crippen LogP contribution < -0.4 is 15.5 Å². The van der Waals surface area contributed by atoms with Gasteiger partial charge in [-0.05, 0) is 42.5 Å². The average molecular weight is 420 g/mol. The predicted octanol–water partition coefficient (Wildman–Crippen LogP) is 4.71. The lowest BCUT2D eigenvalue weighted by atomic mass is 10.1. The molecule has 1 aromatic heterocycles. The second-order valence-electron chi connectivity index (χ2n) is 6.80. The molecule has 0 spiro atoms. The molecule has 1 saturated heterocycles. The van der Waals surface area contributed by atoms with Gasteiger partial charge in [0.25, 0.3) is 0 Å². The van der Waals surface area contributed by atoms with Crippen molar-refractivity contribution in [1.29, 1.82) is 0 Å². The maximum absolute atomic E-state index is 11.1. The molecular weight excluding hydrogens is 390 g/mol. The molecule has 2 N–H and O–H groups in total. The largest absolute Gasteiger partial charge is 0.378 e. The van der Waals surface area contributed by atoms with Gasteiger partial charge < -0.3 is 20.3 Å². The topological polar surface area (TPSA) is 79.4 Å². The standard InChI is InChI=1S/C22H23N5O2.C2H6/c1-16(28)24-18-4-2-17(3-5-18)21-10-11-23-22(26-21)25-19-6-8-20(9-7-19)27-12-14-29-15-13-27;1-2/h2-11H,12-15H2,1H3,(H,24,28)(H,23,25,26);1-2H3. The number of rotatable bonds is 5. The lowest BCUT2D eigenvalue weighted by Gasteiger charge is -2.28. The number of hydrogen-bond acceptors (Lipinski definition) is 6. The van der Waals surface area contributed by atoms with Gasteiger partial charge >= 0.3 is 0 Å². The zero-order valence-electron chi connectivity index (χ0n) is 18.3. The van der Waals surface area contributed by atoms with Crippen LogP contribution in [0.3, 0.4) is 0 Å². The zero-order valence-corrected chi connectivity index (χ0v) is 18.3. The third-order valence-electron chi connectivity index (χ3n) is 4.66. The molecule has 1 fully saturated rings. The van der Waals surface area contributed by atoms with Gasteiger partial charge in [0.15, 0.2) is 0 Å². The summed E-state index contributed by atoms with van der Waals surface area (Å²) in [6.45, 7) is 8.86. The number of aromatic nitrogens is 2. The van der Waals surface area contributed by atoms with Crippen LogP contribution in [0, 0.1) is 0 Å². The van der Waals surface area contributed by atoms with Crippen molar-refractivity contribution in [2.45, 2.75) is 20.8 Å². The number of nitrogens with one attached hydrogen (secondary N) is 2. The number of amides is 1. The minimum Gasteiger partial charge on any atom is -0.378 e. The molecule has 2 aromatic carbocycles. The second kappa shape index (κ2) is 11.1. The minimum atomic E-state index is -0.0917. The lowest BCUT2D eigenvalue weighted by Crippen LogP contribution is -2.36. The highest BCUT2D eigenvalue weighted by atomic mass is 16.5. The molecule has 7 heteroatoms. The van der Waals surface area contributed by atoms with Crippen molar-refractivity contribution in [2.24, 2.45) is 0 Å². The highest BCUT2D eigenvalue weighted by Crippen LogP contribution is 2.23. The van der Waals surface area contributed by atoms with E-state index in [2.05, 4.69) is 37.6 Å². The summed E-state index contributed by atoms with van der Waals surface area (Å²) in [6.07, 6.45) is 1.73. The number of benzene rings is 2. The average Bonchev–Trinajstić information content (AvgIpc) is 2.82.